The van der Waals surface area contributed by atoms with Crippen molar-refractivity contribution in [1.29, 1.82) is 0 Å². The van der Waals surface area contributed by atoms with E-state index in [2.05, 4.69) is 28.8 Å². The highest BCUT2D eigenvalue weighted by atomic mass is 32.1. The van der Waals surface area contributed by atoms with Gasteiger partial charge in [0, 0.05) is 13.1 Å². The molecule has 3 atom stereocenters. The van der Waals surface area contributed by atoms with Crippen molar-refractivity contribution in [3.63, 3.8) is 0 Å². The minimum Gasteiger partial charge on any atom is -0.492 e. The maximum Gasteiger partial charge on any atom is 0.230 e. The van der Waals surface area contributed by atoms with Crippen LogP contribution in [0.4, 0.5) is 4.39 Å². The van der Waals surface area contributed by atoms with E-state index >= 15 is 0 Å². The molecule has 3 heterocycles. The van der Waals surface area contributed by atoms with Crippen molar-refractivity contribution in [3.05, 3.63) is 46.3 Å². The second-order valence-corrected chi connectivity index (χ2v) is 8.51. The molecule has 5 nitrogen and oxygen atoms in total. The second-order valence-electron chi connectivity index (χ2n) is 7.50. The average molecular weight is 374 g/mol. The maximum atomic E-state index is 13.5. The first-order valence-electron chi connectivity index (χ1n) is 8.97. The van der Waals surface area contributed by atoms with Crippen molar-refractivity contribution in [1.82, 2.24) is 19.5 Å². The Hall–Kier alpha value is -1.99. The van der Waals surface area contributed by atoms with Crippen molar-refractivity contribution in [3.8, 4) is 5.88 Å². The van der Waals surface area contributed by atoms with Gasteiger partial charge in [0.05, 0.1) is 10.9 Å². The molecule has 4 rings (SSSR count). The molecule has 7 heteroatoms. The van der Waals surface area contributed by atoms with Crippen molar-refractivity contribution >= 4 is 16.3 Å². The van der Waals surface area contributed by atoms with Gasteiger partial charge in [0.15, 0.2) is 0 Å². The quantitative estimate of drug-likeness (QED) is 0.753. The van der Waals surface area contributed by atoms with Gasteiger partial charge in [-0.2, -0.15) is 4.52 Å². The predicted molar refractivity (Wildman–Crippen MR) is 100 cm³/mol. The summed E-state index contributed by atoms with van der Waals surface area (Å²) in [6, 6.07) is 6.46. The smallest absolute Gasteiger partial charge is 0.230 e. The topological polar surface area (TPSA) is 53.7 Å². The lowest BCUT2D eigenvalue weighted by Crippen LogP contribution is -2.41. The van der Waals surface area contributed by atoms with Crippen molar-refractivity contribution in [2.45, 2.75) is 33.2 Å². The van der Waals surface area contributed by atoms with Crippen LogP contribution in [0.2, 0.25) is 0 Å². The van der Waals surface area contributed by atoms with E-state index in [1.54, 1.807) is 0 Å². The average Bonchev–Trinajstić information content (AvgIpc) is 3.07. The summed E-state index contributed by atoms with van der Waals surface area (Å²) in [7, 11) is 0. The summed E-state index contributed by atoms with van der Waals surface area (Å²) in [4.78, 5) is 8.28. The molecule has 1 fully saturated rings. The summed E-state index contributed by atoms with van der Waals surface area (Å²) >= 11 is 1.45. The number of aromatic hydroxyl groups is 1. The Balaban J connectivity index is 1.82. The highest BCUT2D eigenvalue weighted by Crippen LogP contribution is 2.41. The standard InChI is InChI=1S/C19H23FN4OS/c1-11-8-12(2)10-23(9-11)16(14-4-6-15(20)7-5-14)17-18(25)24-19(26-17)21-13(3)22-24/h4-7,11-12,16,25H,8-10H2,1-3H3/t11-,12-,16+/m0/s1. The van der Waals surface area contributed by atoms with Crippen LogP contribution in [0.1, 0.15) is 42.6 Å². The highest BCUT2D eigenvalue weighted by molar-refractivity contribution is 7.17. The zero-order valence-electron chi connectivity index (χ0n) is 15.2. The van der Waals surface area contributed by atoms with Crippen LogP contribution >= 0.6 is 11.3 Å². The molecule has 0 aliphatic carbocycles. The summed E-state index contributed by atoms with van der Waals surface area (Å²) in [5.41, 5.74) is 0.976. The third-order valence-electron chi connectivity index (χ3n) is 5.00. The molecule has 1 aliphatic heterocycles. The van der Waals surface area contributed by atoms with Gasteiger partial charge in [-0.25, -0.2) is 9.37 Å². The first-order chi connectivity index (χ1) is 12.4. The van der Waals surface area contributed by atoms with Gasteiger partial charge < -0.3 is 5.11 Å². The monoisotopic (exact) mass is 374 g/mol. The Bertz CT molecular complexity index is 910. The van der Waals surface area contributed by atoms with E-state index in [1.165, 1.54) is 34.4 Å². The lowest BCUT2D eigenvalue weighted by molar-refractivity contribution is 0.112. The number of likely N-dealkylation sites (tertiary alicyclic amines) is 1. The van der Waals surface area contributed by atoms with Crippen molar-refractivity contribution in [2.75, 3.05) is 13.1 Å². The Labute approximate surface area is 156 Å². The van der Waals surface area contributed by atoms with Crippen LogP contribution in [0.5, 0.6) is 5.88 Å². The summed E-state index contributed by atoms with van der Waals surface area (Å²) in [6.07, 6.45) is 1.20. The molecule has 0 spiro atoms. The Morgan fingerprint density at radius 2 is 1.85 bits per heavy atom. The molecule has 1 N–H and O–H groups in total. The number of thiazole rings is 1. The fraction of sp³-hybridized carbons (Fsp3) is 0.474. The molecule has 2 aromatic heterocycles. The highest BCUT2D eigenvalue weighted by Gasteiger charge is 2.33. The van der Waals surface area contributed by atoms with E-state index in [0.29, 0.717) is 22.6 Å². The first kappa shape index (κ1) is 17.4. The molecule has 1 saturated heterocycles. The SMILES string of the molecule is Cc1nc2sc([C@@H](c3ccc(F)cc3)N3C[C@@H](C)C[C@H](C)C3)c(O)n2n1. The molecule has 0 amide bonds. The van der Waals surface area contributed by atoms with Crippen LogP contribution < -0.4 is 0 Å². The number of aromatic nitrogens is 3. The van der Waals surface area contributed by atoms with E-state index in [0.717, 1.165) is 23.5 Å². The number of nitrogens with zero attached hydrogens (tertiary/aromatic N) is 4. The number of hydrogen-bond acceptors (Lipinski definition) is 5. The van der Waals surface area contributed by atoms with E-state index < -0.39 is 0 Å². The van der Waals surface area contributed by atoms with Gasteiger partial charge in [0.2, 0.25) is 10.8 Å². The molecule has 3 aromatic rings. The van der Waals surface area contributed by atoms with Crippen molar-refractivity contribution in [2.24, 2.45) is 11.8 Å². The maximum absolute atomic E-state index is 13.5. The molecule has 1 aromatic carbocycles. The van der Waals surface area contributed by atoms with Crippen LogP contribution in [0, 0.1) is 24.6 Å². The lowest BCUT2D eigenvalue weighted by atomic mass is 9.89. The van der Waals surface area contributed by atoms with Crippen LogP contribution in [-0.2, 0) is 0 Å². The zero-order chi connectivity index (χ0) is 18.4. The Morgan fingerprint density at radius 1 is 1.19 bits per heavy atom. The van der Waals surface area contributed by atoms with Crippen molar-refractivity contribution < 1.29 is 9.50 Å². The van der Waals surface area contributed by atoms with Crippen LogP contribution in [0.15, 0.2) is 24.3 Å². The lowest BCUT2D eigenvalue weighted by Gasteiger charge is -2.40. The summed E-state index contributed by atoms with van der Waals surface area (Å²) in [6.45, 7) is 8.22. The zero-order valence-corrected chi connectivity index (χ0v) is 16.0. The number of hydrogen-bond donors (Lipinski definition) is 1. The molecule has 26 heavy (non-hydrogen) atoms. The number of halogens is 1. The first-order valence-corrected chi connectivity index (χ1v) is 9.78. The number of rotatable bonds is 3. The number of benzene rings is 1. The van der Waals surface area contributed by atoms with Gasteiger partial charge in [-0.05, 0) is 42.9 Å². The molecular formula is C19H23FN4OS. The molecule has 0 saturated carbocycles. The minimum absolute atomic E-state index is 0.130. The fourth-order valence-corrected chi connectivity index (χ4v) is 5.28. The third-order valence-corrected chi connectivity index (χ3v) is 6.07. The van der Waals surface area contributed by atoms with E-state index in [-0.39, 0.29) is 17.7 Å². The predicted octanol–water partition coefficient (Wildman–Crippen LogP) is 4.01. The van der Waals surface area contributed by atoms with Crippen LogP contribution in [0.3, 0.4) is 0 Å². The Kier molecular flexibility index (Phi) is 4.44. The van der Waals surface area contributed by atoms with E-state index in [9.17, 15) is 9.50 Å². The molecular weight excluding hydrogens is 351 g/mol. The number of aryl methyl sites for hydroxylation is 1. The number of fused-ring (bicyclic) bond motifs is 1. The molecule has 0 radical (unpaired) electrons. The van der Waals surface area contributed by atoms with Crippen LogP contribution in [0.25, 0.3) is 4.96 Å². The van der Waals surface area contributed by atoms with Gasteiger partial charge in [0.1, 0.15) is 11.6 Å². The Morgan fingerprint density at radius 3 is 2.46 bits per heavy atom. The molecule has 138 valence electrons. The number of piperidine rings is 1. The van der Waals surface area contributed by atoms with Gasteiger partial charge in [-0.3, -0.25) is 4.90 Å². The van der Waals surface area contributed by atoms with Crippen LogP contribution in [-0.4, -0.2) is 37.7 Å². The molecule has 1 aliphatic rings. The normalized spacial score (nSPS) is 22.8. The van der Waals surface area contributed by atoms with Gasteiger partial charge in [-0.15, -0.1) is 5.10 Å². The molecule has 0 unspecified atom stereocenters. The summed E-state index contributed by atoms with van der Waals surface area (Å²) < 4.78 is 15.0. The third kappa shape index (κ3) is 3.10. The van der Waals surface area contributed by atoms with E-state index in [4.69, 9.17) is 0 Å². The summed E-state index contributed by atoms with van der Waals surface area (Å²) in [5, 5.41) is 15.1. The minimum atomic E-state index is -0.254. The summed E-state index contributed by atoms with van der Waals surface area (Å²) in [5.74, 6) is 1.67. The molecule has 0 bridgehead atoms. The fourth-order valence-electron chi connectivity index (χ4n) is 4.12. The van der Waals surface area contributed by atoms with E-state index in [1.807, 2.05) is 19.1 Å². The van der Waals surface area contributed by atoms with Gasteiger partial charge in [0.25, 0.3) is 0 Å². The largest absolute Gasteiger partial charge is 0.492 e. The second kappa shape index (κ2) is 6.63. The van der Waals surface area contributed by atoms with Gasteiger partial charge >= 0.3 is 0 Å². The van der Waals surface area contributed by atoms with Gasteiger partial charge in [-0.1, -0.05) is 37.3 Å².